The lowest BCUT2D eigenvalue weighted by Gasteiger charge is -2.07. The Kier molecular flexibility index (Phi) is 5.11. The van der Waals surface area contributed by atoms with E-state index < -0.39 is 0 Å². The van der Waals surface area contributed by atoms with Gasteiger partial charge in [-0.1, -0.05) is 12.1 Å². The van der Waals surface area contributed by atoms with Gasteiger partial charge in [0.25, 0.3) is 0 Å². The monoisotopic (exact) mass is 353 g/mol. The molecule has 0 aliphatic carbocycles. The Hall–Kier alpha value is -3.02. The van der Waals surface area contributed by atoms with Gasteiger partial charge >= 0.3 is 5.69 Å². The molecule has 0 aliphatic heterocycles. The molecule has 1 heterocycles. The number of carbonyl (C=O) groups is 1. The molecule has 0 saturated carbocycles. The van der Waals surface area contributed by atoms with Gasteiger partial charge in [0.1, 0.15) is 5.75 Å². The summed E-state index contributed by atoms with van der Waals surface area (Å²) in [5.74, 6) is 0.779. The quantitative estimate of drug-likeness (QED) is 0.741. The first-order valence-corrected chi connectivity index (χ1v) is 8.66. The standard InChI is InChI=1S/C20H23N3O3/c1-4-26-16-9-5-14(6-10-16)7-12-19(24)21-15-8-11-17-18(13-15)23(3)20(25)22(17)2/h5-6,8-11,13H,4,7,12H2,1-3H3,(H,21,24). The maximum absolute atomic E-state index is 12.2. The lowest BCUT2D eigenvalue weighted by Crippen LogP contribution is -2.19. The van der Waals surface area contributed by atoms with E-state index in [1.807, 2.05) is 49.4 Å². The number of carbonyl (C=O) groups excluding carboxylic acids is 1. The Morgan fingerprint density at radius 3 is 2.42 bits per heavy atom. The largest absolute Gasteiger partial charge is 0.494 e. The smallest absolute Gasteiger partial charge is 0.328 e. The van der Waals surface area contributed by atoms with Crippen LogP contribution in [0.15, 0.2) is 47.3 Å². The fourth-order valence-corrected chi connectivity index (χ4v) is 2.98. The van der Waals surface area contributed by atoms with Crippen molar-refractivity contribution in [2.45, 2.75) is 19.8 Å². The molecule has 3 aromatic rings. The van der Waals surface area contributed by atoms with Crippen molar-refractivity contribution in [3.05, 3.63) is 58.5 Å². The highest BCUT2D eigenvalue weighted by atomic mass is 16.5. The lowest BCUT2D eigenvalue weighted by atomic mass is 10.1. The van der Waals surface area contributed by atoms with Crippen LogP contribution in [0.4, 0.5) is 5.69 Å². The third kappa shape index (κ3) is 3.64. The number of anilines is 1. The van der Waals surface area contributed by atoms with Crippen LogP contribution in [-0.2, 0) is 25.3 Å². The normalized spacial score (nSPS) is 10.9. The van der Waals surface area contributed by atoms with E-state index in [0.29, 0.717) is 25.1 Å². The molecule has 1 N–H and O–H groups in total. The van der Waals surface area contributed by atoms with Gasteiger partial charge in [0.15, 0.2) is 0 Å². The number of hydrogen-bond acceptors (Lipinski definition) is 3. The van der Waals surface area contributed by atoms with Gasteiger partial charge in [-0.3, -0.25) is 13.9 Å². The summed E-state index contributed by atoms with van der Waals surface area (Å²) < 4.78 is 8.58. The minimum atomic E-state index is -0.0843. The number of rotatable bonds is 6. The highest BCUT2D eigenvalue weighted by Crippen LogP contribution is 2.18. The molecule has 0 aliphatic rings. The number of benzene rings is 2. The molecule has 136 valence electrons. The maximum Gasteiger partial charge on any atom is 0.328 e. The van der Waals surface area contributed by atoms with Gasteiger partial charge in [-0.25, -0.2) is 4.79 Å². The van der Waals surface area contributed by atoms with Crippen LogP contribution in [0.3, 0.4) is 0 Å². The van der Waals surface area contributed by atoms with Crippen molar-refractivity contribution in [3.8, 4) is 5.75 Å². The number of amides is 1. The van der Waals surface area contributed by atoms with E-state index in [-0.39, 0.29) is 11.6 Å². The molecule has 0 bridgehead atoms. The molecular formula is C20H23N3O3. The highest BCUT2D eigenvalue weighted by molar-refractivity contribution is 5.93. The summed E-state index contributed by atoms with van der Waals surface area (Å²) in [6, 6.07) is 13.3. The van der Waals surface area contributed by atoms with Crippen LogP contribution in [0, 0.1) is 0 Å². The third-order valence-corrected chi connectivity index (χ3v) is 4.43. The van der Waals surface area contributed by atoms with Crippen LogP contribution in [0.5, 0.6) is 5.75 Å². The second-order valence-electron chi connectivity index (χ2n) is 6.23. The zero-order chi connectivity index (χ0) is 18.7. The molecule has 2 aromatic carbocycles. The first-order valence-electron chi connectivity index (χ1n) is 8.66. The minimum absolute atomic E-state index is 0.0563. The summed E-state index contributed by atoms with van der Waals surface area (Å²) in [7, 11) is 3.46. The summed E-state index contributed by atoms with van der Waals surface area (Å²) in [4.78, 5) is 24.2. The predicted molar refractivity (Wildman–Crippen MR) is 103 cm³/mol. The Morgan fingerprint density at radius 1 is 1.04 bits per heavy atom. The second kappa shape index (κ2) is 7.47. The van der Waals surface area contributed by atoms with Crippen molar-refractivity contribution in [1.29, 1.82) is 0 Å². The van der Waals surface area contributed by atoms with E-state index in [2.05, 4.69) is 5.32 Å². The van der Waals surface area contributed by atoms with Gasteiger partial charge in [-0.2, -0.15) is 0 Å². The predicted octanol–water partition coefficient (Wildman–Crippen LogP) is 2.85. The Balaban J connectivity index is 1.63. The number of aromatic nitrogens is 2. The zero-order valence-corrected chi connectivity index (χ0v) is 15.3. The van der Waals surface area contributed by atoms with Crippen LogP contribution in [0.2, 0.25) is 0 Å². The van der Waals surface area contributed by atoms with Gasteiger partial charge in [0, 0.05) is 26.2 Å². The van der Waals surface area contributed by atoms with Gasteiger partial charge in [0.2, 0.25) is 5.91 Å². The number of fused-ring (bicyclic) bond motifs is 1. The van der Waals surface area contributed by atoms with E-state index in [1.165, 1.54) is 0 Å². The average Bonchev–Trinajstić information content (AvgIpc) is 2.85. The van der Waals surface area contributed by atoms with Crippen molar-refractivity contribution >= 4 is 22.6 Å². The summed E-state index contributed by atoms with van der Waals surface area (Å²) in [5, 5.41) is 2.90. The SMILES string of the molecule is CCOc1ccc(CCC(=O)Nc2ccc3c(c2)n(C)c(=O)n3C)cc1. The molecule has 6 nitrogen and oxygen atoms in total. The average molecular weight is 353 g/mol. The number of nitrogens with one attached hydrogen (secondary N) is 1. The van der Waals surface area contributed by atoms with Crippen molar-refractivity contribution in [2.75, 3.05) is 11.9 Å². The number of ether oxygens (including phenoxy) is 1. The molecule has 0 radical (unpaired) electrons. The first-order chi connectivity index (χ1) is 12.5. The lowest BCUT2D eigenvalue weighted by molar-refractivity contribution is -0.116. The zero-order valence-electron chi connectivity index (χ0n) is 15.3. The summed E-state index contributed by atoms with van der Waals surface area (Å²) in [6.45, 7) is 2.59. The molecule has 0 atom stereocenters. The van der Waals surface area contributed by atoms with Gasteiger partial charge in [-0.05, 0) is 49.2 Å². The molecule has 26 heavy (non-hydrogen) atoms. The molecule has 1 amide bonds. The molecular weight excluding hydrogens is 330 g/mol. The van der Waals surface area contributed by atoms with E-state index in [9.17, 15) is 9.59 Å². The third-order valence-electron chi connectivity index (χ3n) is 4.43. The highest BCUT2D eigenvalue weighted by Gasteiger charge is 2.09. The Bertz CT molecular complexity index is 984. The van der Waals surface area contributed by atoms with E-state index in [0.717, 1.165) is 22.3 Å². The summed E-state index contributed by atoms with van der Waals surface area (Å²) in [5.41, 5.74) is 3.32. The van der Waals surface area contributed by atoms with Crippen molar-refractivity contribution < 1.29 is 9.53 Å². The Labute approximate surface area is 152 Å². The number of nitrogens with zero attached hydrogens (tertiary/aromatic N) is 2. The van der Waals surface area contributed by atoms with Gasteiger partial charge in [0.05, 0.1) is 17.6 Å². The maximum atomic E-state index is 12.2. The number of imidazole rings is 1. The summed E-state index contributed by atoms with van der Waals surface area (Å²) >= 11 is 0. The second-order valence-corrected chi connectivity index (χ2v) is 6.23. The van der Waals surface area contributed by atoms with Crippen molar-refractivity contribution in [2.24, 2.45) is 14.1 Å². The first kappa shape index (κ1) is 17.8. The molecule has 6 heteroatoms. The number of hydrogen-bond donors (Lipinski definition) is 1. The summed E-state index contributed by atoms with van der Waals surface area (Å²) in [6.07, 6.45) is 1.05. The molecule has 1 aromatic heterocycles. The van der Waals surface area contributed by atoms with Crippen LogP contribution in [0.25, 0.3) is 11.0 Å². The fourth-order valence-electron chi connectivity index (χ4n) is 2.98. The fraction of sp³-hybridized carbons (Fsp3) is 0.300. The van der Waals surface area contributed by atoms with Crippen LogP contribution >= 0.6 is 0 Å². The van der Waals surface area contributed by atoms with Gasteiger partial charge < -0.3 is 10.1 Å². The van der Waals surface area contributed by atoms with E-state index >= 15 is 0 Å². The molecule has 0 spiro atoms. The molecule has 0 unspecified atom stereocenters. The minimum Gasteiger partial charge on any atom is -0.494 e. The van der Waals surface area contributed by atoms with Crippen LogP contribution in [-0.4, -0.2) is 21.6 Å². The van der Waals surface area contributed by atoms with Crippen molar-refractivity contribution in [3.63, 3.8) is 0 Å². The van der Waals surface area contributed by atoms with E-state index in [4.69, 9.17) is 4.74 Å². The number of aryl methyl sites for hydroxylation is 3. The molecule has 3 rings (SSSR count). The van der Waals surface area contributed by atoms with Crippen LogP contribution in [0.1, 0.15) is 18.9 Å². The topological polar surface area (TPSA) is 65.3 Å². The van der Waals surface area contributed by atoms with Crippen LogP contribution < -0.4 is 15.7 Å². The van der Waals surface area contributed by atoms with E-state index in [1.54, 1.807) is 23.2 Å². The molecule has 0 fully saturated rings. The molecule has 0 saturated heterocycles. The Morgan fingerprint density at radius 2 is 1.73 bits per heavy atom. The van der Waals surface area contributed by atoms with Gasteiger partial charge in [-0.15, -0.1) is 0 Å². The van der Waals surface area contributed by atoms with Crippen molar-refractivity contribution in [1.82, 2.24) is 9.13 Å².